The highest BCUT2D eigenvalue weighted by Crippen LogP contribution is 2.33. The number of fused-ring (bicyclic) bond motifs is 2. The molecule has 0 bridgehead atoms. The Morgan fingerprint density at radius 2 is 1.67 bits per heavy atom. The van der Waals surface area contributed by atoms with E-state index in [1.165, 1.54) is 28.6 Å². The van der Waals surface area contributed by atoms with Gasteiger partial charge >= 0.3 is 5.97 Å². The molecule has 0 amide bonds. The predicted molar refractivity (Wildman–Crippen MR) is 145 cm³/mol. The Kier molecular flexibility index (Phi) is 7.40. The fourth-order valence-electron chi connectivity index (χ4n) is 4.42. The monoisotopic (exact) mass is 548 g/mol. The minimum absolute atomic E-state index is 0.0122. The van der Waals surface area contributed by atoms with E-state index in [0.29, 0.717) is 28.1 Å². The highest BCUT2D eigenvalue weighted by atomic mass is 32.2. The van der Waals surface area contributed by atoms with Crippen LogP contribution in [0.25, 0.3) is 10.9 Å². The molecule has 0 aliphatic carbocycles. The summed E-state index contributed by atoms with van der Waals surface area (Å²) in [6.07, 6.45) is 0.830. The van der Waals surface area contributed by atoms with Gasteiger partial charge in [-0.1, -0.05) is 19.1 Å². The Hall–Kier alpha value is -4.15. The van der Waals surface area contributed by atoms with Crippen molar-refractivity contribution in [3.05, 3.63) is 99.3 Å². The first kappa shape index (κ1) is 26.5. The molecule has 0 fully saturated rings. The van der Waals surface area contributed by atoms with Gasteiger partial charge in [-0.3, -0.25) is 4.79 Å². The molecule has 3 aromatic carbocycles. The Labute approximate surface area is 226 Å². The summed E-state index contributed by atoms with van der Waals surface area (Å²) in [6, 6.07) is 18.3. The number of carbonyl (C=O) groups is 1. The van der Waals surface area contributed by atoms with Gasteiger partial charge in [-0.15, -0.1) is 0 Å². The number of aromatic nitrogens is 1. The molecule has 0 saturated heterocycles. The zero-order valence-electron chi connectivity index (χ0n) is 21.6. The number of esters is 1. The van der Waals surface area contributed by atoms with Crippen molar-refractivity contribution >= 4 is 26.9 Å². The first-order chi connectivity index (χ1) is 18.8. The summed E-state index contributed by atoms with van der Waals surface area (Å²) >= 11 is 0. The third-order valence-corrected chi connectivity index (χ3v) is 8.35. The maximum atomic E-state index is 13.9. The molecule has 0 radical (unpaired) electrons. The summed E-state index contributed by atoms with van der Waals surface area (Å²) in [5, 5.41) is 0.822. The Balaban J connectivity index is 1.53. The molecule has 1 aliphatic heterocycles. The third-order valence-electron chi connectivity index (χ3n) is 6.54. The summed E-state index contributed by atoms with van der Waals surface area (Å²) in [5.41, 5.74) is 2.64. The predicted octanol–water partition coefficient (Wildman–Crippen LogP) is 4.39. The van der Waals surface area contributed by atoms with Gasteiger partial charge < -0.3 is 19.2 Å². The van der Waals surface area contributed by atoms with Crippen LogP contribution in [0.1, 0.15) is 40.9 Å². The van der Waals surface area contributed by atoms with Gasteiger partial charge in [0.1, 0.15) is 0 Å². The quantitative estimate of drug-likeness (QED) is 0.309. The Morgan fingerprint density at radius 3 is 2.41 bits per heavy atom. The van der Waals surface area contributed by atoms with E-state index in [0.717, 1.165) is 17.4 Å². The van der Waals surface area contributed by atoms with Crippen molar-refractivity contribution in [2.45, 2.75) is 38.3 Å². The number of H-pyrrole nitrogens is 1. The number of benzene rings is 3. The summed E-state index contributed by atoms with van der Waals surface area (Å²) in [5.74, 6) is 0.576. The average Bonchev–Trinajstić information content (AvgIpc) is 3.41. The number of hydrogen-bond donors (Lipinski definition) is 1. The number of nitrogens with zero attached hydrogens (tertiary/aromatic N) is 1. The SMILES string of the molecule is CCOC(=O)c1ccc(S(=O)(=O)N(Cc2ccc3c(c2)OCO3)Cc2cc3cc(CC)ccc3[nH]c2=O)cc1. The summed E-state index contributed by atoms with van der Waals surface area (Å²) < 4.78 is 44.9. The Bertz CT molecular complexity index is 1700. The average molecular weight is 549 g/mol. The molecule has 0 saturated carbocycles. The number of aromatic amines is 1. The number of aryl methyl sites for hydroxylation is 1. The van der Waals surface area contributed by atoms with E-state index in [1.807, 2.05) is 25.1 Å². The van der Waals surface area contributed by atoms with Crippen LogP contribution in [0, 0.1) is 0 Å². The number of sulfonamides is 1. The van der Waals surface area contributed by atoms with Gasteiger partial charge in [0.05, 0.1) is 17.1 Å². The fourth-order valence-corrected chi connectivity index (χ4v) is 5.83. The van der Waals surface area contributed by atoms with E-state index in [4.69, 9.17) is 14.2 Å². The van der Waals surface area contributed by atoms with Crippen LogP contribution in [0.2, 0.25) is 0 Å². The minimum atomic E-state index is -4.09. The highest BCUT2D eigenvalue weighted by Gasteiger charge is 2.27. The lowest BCUT2D eigenvalue weighted by Crippen LogP contribution is -2.32. The van der Waals surface area contributed by atoms with Crippen molar-refractivity contribution in [1.82, 2.24) is 9.29 Å². The summed E-state index contributed by atoms with van der Waals surface area (Å²) in [6.45, 7) is 3.86. The van der Waals surface area contributed by atoms with Gasteiger partial charge in [0.15, 0.2) is 11.5 Å². The van der Waals surface area contributed by atoms with E-state index < -0.39 is 16.0 Å². The second kappa shape index (κ2) is 10.9. The molecule has 4 aromatic rings. The minimum Gasteiger partial charge on any atom is -0.462 e. The van der Waals surface area contributed by atoms with Crippen LogP contribution in [-0.2, 0) is 34.3 Å². The van der Waals surface area contributed by atoms with Crippen LogP contribution >= 0.6 is 0 Å². The smallest absolute Gasteiger partial charge is 0.338 e. The molecule has 9 nitrogen and oxygen atoms in total. The number of carbonyl (C=O) groups excluding carboxylic acids is 1. The number of pyridine rings is 1. The maximum Gasteiger partial charge on any atom is 0.338 e. The van der Waals surface area contributed by atoms with E-state index in [1.54, 1.807) is 31.2 Å². The fraction of sp³-hybridized carbons (Fsp3) is 0.241. The zero-order valence-corrected chi connectivity index (χ0v) is 22.4. The number of ether oxygens (including phenoxy) is 3. The van der Waals surface area contributed by atoms with Gasteiger partial charge in [0, 0.05) is 24.2 Å². The molecule has 39 heavy (non-hydrogen) atoms. The van der Waals surface area contributed by atoms with Crippen LogP contribution in [-0.4, -0.2) is 37.1 Å². The number of nitrogens with one attached hydrogen (secondary N) is 1. The normalized spacial score (nSPS) is 12.7. The molecule has 0 spiro atoms. The molecule has 2 heterocycles. The van der Waals surface area contributed by atoms with Crippen LogP contribution in [0.5, 0.6) is 11.5 Å². The molecule has 0 atom stereocenters. The first-order valence-electron chi connectivity index (χ1n) is 12.6. The van der Waals surface area contributed by atoms with Crippen LogP contribution < -0.4 is 15.0 Å². The van der Waals surface area contributed by atoms with Gasteiger partial charge in [-0.25, -0.2) is 13.2 Å². The summed E-state index contributed by atoms with van der Waals surface area (Å²) in [4.78, 5) is 27.9. The van der Waals surface area contributed by atoms with Crippen LogP contribution in [0.15, 0.2) is 76.4 Å². The van der Waals surface area contributed by atoms with Crippen molar-refractivity contribution in [3.8, 4) is 11.5 Å². The lowest BCUT2D eigenvalue weighted by Gasteiger charge is -2.23. The standard InChI is InChI=1S/C29H28N2O7S/c1-3-19-5-11-25-22(13-19)15-23(28(32)30-25)17-31(16-20-6-12-26-27(14-20)38-18-37-26)39(34,35)24-9-7-21(8-10-24)29(33)36-4-2/h5-15H,3-4,16-18H2,1-2H3,(H,30,32). The van der Waals surface area contributed by atoms with Crippen molar-refractivity contribution in [2.75, 3.05) is 13.4 Å². The van der Waals surface area contributed by atoms with Crippen molar-refractivity contribution in [1.29, 1.82) is 0 Å². The van der Waals surface area contributed by atoms with Crippen molar-refractivity contribution in [3.63, 3.8) is 0 Å². The van der Waals surface area contributed by atoms with Crippen LogP contribution in [0.3, 0.4) is 0 Å². The van der Waals surface area contributed by atoms with Gasteiger partial charge in [-0.2, -0.15) is 4.31 Å². The molecule has 10 heteroatoms. The van der Waals surface area contributed by atoms with E-state index >= 15 is 0 Å². The van der Waals surface area contributed by atoms with E-state index in [2.05, 4.69) is 4.98 Å². The third kappa shape index (κ3) is 5.52. The lowest BCUT2D eigenvalue weighted by atomic mass is 10.1. The molecule has 0 unspecified atom stereocenters. The van der Waals surface area contributed by atoms with E-state index in [9.17, 15) is 18.0 Å². The lowest BCUT2D eigenvalue weighted by molar-refractivity contribution is 0.0526. The summed E-state index contributed by atoms with van der Waals surface area (Å²) in [7, 11) is -4.09. The molecule has 5 rings (SSSR count). The molecular formula is C29H28N2O7S. The topological polar surface area (TPSA) is 115 Å². The zero-order chi connectivity index (χ0) is 27.6. The molecular weight excluding hydrogens is 520 g/mol. The Morgan fingerprint density at radius 1 is 0.923 bits per heavy atom. The van der Waals surface area contributed by atoms with E-state index in [-0.39, 0.29) is 42.5 Å². The highest BCUT2D eigenvalue weighted by molar-refractivity contribution is 7.89. The molecule has 1 N–H and O–H groups in total. The van der Waals surface area contributed by atoms with Gasteiger partial charge in [0.25, 0.3) is 5.56 Å². The number of hydrogen-bond acceptors (Lipinski definition) is 7. The van der Waals surface area contributed by atoms with Crippen molar-refractivity contribution in [2.24, 2.45) is 0 Å². The van der Waals surface area contributed by atoms with Gasteiger partial charge in [-0.05, 0) is 84.5 Å². The first-order valence-corrected chi connectivity index (χ1v) is 14.0. The maximum absolute atomic E-state index is 13.9. The second-order valence-corrected chi connectivity index (χ2v) is 11.0. The molecule has 1 aromatic heterocycles. The second-order valence-electron chi connectivity index (χ2n) is 9.10. The van der Waals surface area contributed by atoms with Gasteiger partial charge in [0.2, 0.25) is 16.8 Å². The molecule has 1 aliphatic rings. The largest absolute Gasteiger partial charge is 0.462 e. The number of rotatable bonds is 9. The van der Waals surface area contributed by atoms with Crippen LogP contribution in [0.4, 0.5) is 0 Å². The van der Waals surface area contributed by atoms with Crippen molar-refractivity contribution < 1.29 is 27.4 Å². The molecule has 202 valence electrons.